The molecule has 0 aromatic heterocycles. The van der Waals surface area contributed by atoms with Crippen LogP contribution in [0.15, 0.2) is 89.1 Å². The molecule has 1 heterocycles. The van der Waals surface area contributed by atoms with Crippen molar-refractivity contribution in [2.24, 2.45) is 10.9 Å². The maximum Gasteiger partial charge on any atom is 0.315 e. The molecule has 1 unspecified atom stereocenters. The summed E-state index contributed by atoms with van der Waals surface area (Å²) >= 11 is 1.74. The lowest BCUT2D eigenvalue weighted by Crippen LogP contribution is -2.38. The maximum absolute atomic E-state index is 13.8. The third-order valence-corrected chi connectivity index (χ3v) is 8.11. The highest BCUT2D eigenvalue weighted by Crippen LogP contribution is 2.48. The molecule has 0 amide bonds. The van der Waals surface area contributed by atoms with Crippen LogP contribution in [0.3, 0.4) is 0 Å². The van der Waals surface area contributed by atoms with Crippen LogP contribution in [0.25, 0.3) is 10.8 Å². The molecule has 3 aromatic rings. The van der Waals surface area contributed by atoms with Gasteiger partial charge in [-0.15, -0.1) is 0 Å². The van der Waals surface area contributed by atoms with Crippen molar-refractivity contribution in [3.8, 4) is 0 Å². The summed E-state index contributed by atoms with van der Waals surface area (Å²) in [7, 11) is 0. The molecule has 0 N–H and O–H groups in total. The predicted octanol–water partition coefficient (Wildman–Crippen LogP) is 6.71. The summed E-state index contributed by atoms with van der Waals surface area (Å²) in [6, 6.07) is 24.5. The number of ketones is 1. The van der Waals surface area contributed by atoms with Gasteiger partial charge >= 0.3 is 5.97 Å². The Morgan fingerprint density at radius 2 is 1.75 bits per heavy atom. The fourth-order valence-electron chi connectivity index (χ4n) is 5.62. The van der Waals surface area contributed by atoms with E-state index in [0.717, 1.165) is 44.8 Å². The molecule has 5 heteroatoms. The van der Waals surface area contributed by atoms with Gasteiger partial charge in [-0.25, -0.2) is 0 Å². The largest absolute Gasteiger partial charge is 0.464 e. The minimum absolute atomic E-state index is 0.0821. The third kappa shape index (κ3) is 4.77. The normalized spacial score (nSPS) is 21.8. The number of fused-ring (bicyclic) bond motifs is 1. The molecule has 0 bridgehead atoms. The molecule has 1 aliphatic carbocycles. The first-order chi connectivity index (χ1) is 17.6. The van der Waals surface area contributed by atoms with Crippen LogP contribution in [0.2, 0.25) is 0 Å². The summed E-state index contributed by atoms with van der Waals surface area (Å²) in [6.45, 7) is 4.36. The molecule has 3 atom stereocenters. The van der Waals surface area contributed by atoms with Crippen molar-refractivity contribution in [3.05, 3.63) is 95.2 Å². The van der Waals surface area contributed by atoms with Crippen molar-refractivity contribution in [2.45, 2.75) is 38.5 Å². The van der Waals surface area contributed by atoms with E-state index in [1.807, 2.05) is 43.3 Å². The van der Waals surface area contributed by atoms with E-state index in [1.165, 1.54) is 0 Å². The van der Waals surface area contributed by atoms with E-state index in [1.54, 1.807) is 11.8 Å². The van der Waals surface area contributed by atoms with Crippen molar-refractivity contribution in [3.63, 3.8) is 0 Å². The van der Waals surface area contributed by atoms with E-state index >= 15 is 0 Å². The minimum Gasteiger partial charge on any atom is -0.464 e. The smallest absolute Gasteiger partial charge is 0.315 e. The van der Waals surface area contributed by atoms with E-state index in [0.29, 0.717) is 25.0 Å². The van der Waals surface area contributed by atoms with Gasteiger partial charge in [-0.3, -0.25) is 14.6 Å². The highest BCUT2D eigenvalue weighted by Gasteiger charge is 2.45. The summed E-state index contributed by atoms with van der Waals surface area (Å²) < 4.78 is 5.75. The van der Waals surface area contributed by atoms with Gasteiger partial charge in [0.2, 0.25) is 0 Å². The van der Waals surface area contributed by atoms with Crippen LogP contribution in [0.1, 0.15) is 49.7 Å². The van der Waals surface area contributed by atoms with Crippen molar-refractivity contribution < 1.29 is 14.3 Å². The molecular formula is C31H31NO3S. The topological polar surface area (TPSA) is 55.7 Å². The molecule has 5 rings (SSSR count). The van der Waals surface area contributed by atoms with Crippen LogP contribution >= 0.6 is 11.8 Å². The first kappa shape index (κ1) is 24.5. The second kappa shape index (κ2) is 10.8. The average Bonchev–Trinajstić information content (AvgIpc) is 2.90. The minimum atomic E-state index is -0.613. The lowest BCUT2D eigenvalue weighted by molar-refractivity contribution is -0.145. The number of hydrogen-bond donors (Lipinski definition) is 0. The number of ether oxygens (including phenoxy) is 1. The van der Waals surface area contributed by atoms with Gasteiger partial charge in [0.05, 0.1) is 0 Å². The van der Waals surface area contributed by atoms with Crippen molar-refractivity contribution in [1.82, 2.24) is 0 Å². The first-order valence-corrected chi connectivity index (χ1v) is 13.8. The third-order valence-electron chi connectivity index (χ3n) is 7.25. The number of allylic oxidation sites excluding steroid dienone is 2. The Labute approximate surface area is 216 Å². The molecule has 184 valence electrons. The van der Waals surface area contributed by atoms with Crippen molar-refractivity contribution in [1.29, 1.82) is 0 Å². The van der Waals surface area contributed by atoms with Crippen LogP contribution < -0.4 is 0 Å². The summed E-state index contributed by atoms with van der Waals surface area (Å²) in [4.78, 5) is 32.2. The fraction of sp³-hybridized carbons (Fsp3) is 0.323. The summed E-state index contributed by atoms with van der Waals surface area (Å²) in [6.07, 6.45) is 1.12. The molecule has 4 nitrogen and oxygen atoms in total. The van der Waals surface area contributed by atoms with Crippen LogP contribution in [0.4, 0.5) is 0 Å². The fourth-order valence-corrected chi connectivity index (χ4v) is 6.11. The predicted molar refractivity (Wildman–Crippen MR) is 148 cm³/mol. The zero-order chi connectivity index (χ0) is 25.1. The molecule has 0 saturated heterocycles. The summed E-state index contributed by atoms with van der Waals surface area (Å²) in [5.74, 6) is 0.603. The highest BCUT2D eigenvalue weighted by atomic mass is 32.2. The zero-order valence-corrected chi connectivity index (χ0v) is 21.6. The van der Waals surface area contributed by atoms with Gasteiger partial charge in [0.25, 0.3) is 0 Å². The second-order valence-electron chi connectivity index (χ2n) is 9.44. The number of thioether (sulfide) groups is 1. The van der Waals surface area contributed by atoms with Gasteiger partial charge in [0, 0.05) is 35.1 Å². The van der Waals surface area contributed by atoms with Gasteiger partial charge in [-0.05, 0) is 46.9 Å². The number of nitrogens with zero attached hydrogens (tertiary/aromatic N) is 1. The second-order valence-corrected chi connectivity index (χ2v) is 10.8. The molecule has 36 heavy (non-hydrogen) atoms. The lowest BCUT2D eigenvalue weighted by Gasteiger charge is -2.37. The molecular weight excluding hydrogens is 466 g/mol. The zero-order valence-electron chi connectivity index (χ0n) is 20.8. The van der Waals surface area contributed by atoms with Crippen molar-refractivity contribution in [2.75, 3.05) is 18.1 Å². The van der Waals surface area contributed by atoms with E-state index in [9.17, 15) is 9.59 Å². The standard InChI is InChI=1S/C31H31NO3S/c1-3-36-17-16-35-31(34)28-20(2)32-26-18-23(21-10-5-4-6-11-21)19-27(33)30(26)29(28)25-15-9-13-22-12-7-8-14-24(22)25/h4-15,23,28-29H,3,16-19H2,1-2H3/t23-,28?,29+/m0/s1. The van der Waals surface area contributed by atoms with Crippen molar-refractivity contribution >= 4 is 40.0 Å². The molecule has 0 saturated carbocycles. The maximum atomic E-state index is 13.8. The Morgan fingerprint density at radius 1 is 1.00 bits per heavy atom. The number of carbonyl (C=O) groups excluding carboxylic acids is 2. The summed E-state index contributed by atoms with van der Waals surface area (Å²) in [5.41, 5.74) is 4.38. The number of aliphatic imine (C=N–C) groups is 1. The number of esters is 1. The highest BCUT2D eigenvalue weighted by molar-refractivity contribution is 7.99. The SMILES string of the molecule is CCSCCOC(=O)C1C(C)=NC2=C(C(=O)C[C@@H](c3ccccc3)C2)[C@@H]1c1cccc2ccccc12. The molecule has 1 aliphatic heterocycles. The quantitative estimate of drug-likeness (QED) is 0.269. The van der Waals surface area contributed by atoms with Crippen LogP contribution in [-0.4, -0.2) is 35.6 Å². The van der Waals surface area contributed by atoms with Gasteiger partial charge in [0.15, 0.2) is 5.78 Å². The van der Waals surface area contributed by atoms with Crippen LogP contribution in [0.5, 0.6) is 0 Å². The molecule has 0 fully saturated rings. The monoisotopic (exact) mass is 497 g/mol. The number of rotatable bonds is 7. The summed E-state index contributed by atoms with van der Waals surface area (Å²) in [5, 5.41) is 2.15. The molecule has 0 spiro atoms. The van der Waals surface area contributed by atoms with E-state index in [4.69, 9.17) is 9.73 Å². The Hall–Kier alpha value is -3.18. The lowest BCUT2D eigenvalue weighted by atomic mass is 9.68. The average molecular weight is 498 g/mol. The Bertz CT molecular complexity index is 1340. The van der Waals surface area contributed by atoms with Gasteiger partial charge in [0.1, 0.15) is 12.5 Å². The van der Waals surface area contributed by atoms with E-state index < -0.39 is 11.8 Å². The van der Waals surface area contributed by atoms with Gasteiger partial charge < -0.3 is 4.74 Å². The Morgan fingerprint density at radius 3 is 2.56 bits per heavy atom. The van der Waals surface area contributed by atoms with E-state index in [-0.39, 0.29) is 17.7 Å². The Kier molecular flexibility index (Phi) is 7.38. The van der Waals surface area contributed by atoms with Gasteiger partial charge in [-0.1, -0.05) is 79.7 Å². The number of benzene rings is 3. The number of Topliss-reactive ketones (excluding diaryl/α,β-unsaturated/α-hetero) is 1. The molecule has 2 aliphatic rings. The number of carbonyl (C=O) groups is 2. The molecule has 3 aromatic carbocycles. The van der Waals surface area contributed by atoms with Gasteiger partial charge in [-0.2, -0.15) is 11.8 Å². The van der Waals surface area contributed by atoms with Crippen LogP contribution in [0, 0.1) is 5.92 Å². The van der Waals surface area contributed by atoms with Crippen LogP contribution in [-0.2, 0) is 14.3 Å². The van der Waals surface area contributed by atoms with E-state index in [2.05, 4.69) is 43.3 Å². The number of hydrogen-bond acceptors (Lipinski definition) is 5. The first-order valence-electron chi connectivity index (χ1n) is 12.7. The Balaban J connectivity index is 1.59. The molecule has 0 radical (unpaired) electrons.